The van der Waals surface area contributed by atoms with E-state index in [1.54, 1.807) is 6.07 Å². The van der Waals surface area contributed by atoms with Crippen LogP contribution < -0.4 is 0 Å². The van der Waals surface area contributed by atoms with Gasteiger partial charge in [-0.1, -0.05) is 0 Å². The van der Waals surface area contributed by atoms with Crippen LogP contribution in [-0.2, 0) is 32.3 Å². The zero-order valence-corrected chi connectivity index (χ0v) is 8.61. The summed E-state index contributed by atoms with van der Waals surface area (Å²) in [6.45, 7) is 2.82. The van der Waals surface area contributed by atoms with Gasteiger partial charge in [-0.3, -0.25) is 9.59 Å². The van der Waals surface area contributed by atoms with Crippen molar-refractivity contribution in [2.45, 2.75) is 27.1 Å². The lowest BCUT2D eigenvalue weighted by Crippen LogP contribution is -2.03. The monoisotopic (exact) mass is 212 g/mol. The molecule has 0 aliphatic heterocycles. The predicted octanol–water partition coefficient (Wildman–Crippen LogP) is 1.41. The normalized spacial score (nSPS) is 9.73. The molecule has 15 heavy (non-hydrogen) atoms. The van der Waals surface area contributed by atoms with Crippen molar-refractivity contribution in [3.8, 4) is 0 Å². The van der Waals surface area contributed by atoms with Gasteiger partial charge < -0.3 is 13.9 Å². The smallest absolute Gasteiger partial charge is 0.303 e. The Bertz CT molecular complexity index is 320. The molecule has 1 aromatic heterocycles. The molecule has 0 aromatic carbocycles. The number of ether oxygens (including phenoxy) is 2. The Morgan fingerprint density at radius 2 is 1.80 bits per heavy atom. The fraction of sp³-hybridized carbons (Fsp3) is 0.400. The van der Waals surface area contributed by atoms with Gasteiger partial charge in [0, 0.05) is 19.4 Å². The highest BCUT2D eigenvalue weighted by Crippen LogP contribution is 2.13. The van der Waals surface area contributed by atoms with Crippen LogP contribution in [0.4, 0.5) is 0 Å². The largest absolute Gasteiger partial charge is 0.465 e. The van der Waals surface area contributed by atoms with Crippen LogP contribution in [0, 0.1) is 0 Å². The Kier molecular flexibility index (Phi) is 3.91. The number of esters is 2. The molecular formula is C10H12O5. The van der Waals surface area contributed by atoms with Gasteiger partial charge in [0.25, 0.3) is 0 Å². The summed E-state index contributed by atoms with van der Waals surface area (Å²) in [5.74, 6) is -0.258. The number of hydrogen-bond acceptors (Lipinski definition) is 5. The lowest BCUT2D eigenvalue weighted by atomic mass is 10.3. The first-order valence-corrected chi connectivity index (χ1v) is 4.41. The molecule has 0 aliphatic rings. The van der Waals surface area contributed by atoms with E-state index in [0.717, 1.165) is 0 Å². The van der Waals surface area contributed by atoms with Crippen LogP contribution in [-0.4, -0.2) is 11.9 Å². The van der Waals surface area contributed by atoms with Crippen molar-refractivity contribution in [2.75, 3.05) is 0 Å². The molecule has 0 aliphatic carbocycles. The first-order valence-electron chi connectivity index (χ1n) is 4.41. The highest BCUT2D eigenvalue weighted by molar-refractivity contribution is 5.66. The Labute approximate surface area is 87.0 Å². The van der Waals surface area contributed by atoms with E-state index < -0.39 is 0 Å². The van der Waals surface area contributed by atoms with Crippen LogP contribution in [0.15, 0.2) is 16.7 Å². The SMILES string of the molecule is CC(=O)OCc1ccoc1COC(C)=O. The fourth-order valence-corrected chi connectivity index (χ4v) is 0.969. The van der Waals surface area contributed by atoms with E-state index in [-0.39, 0.29) is 25.2 Å². The Morgan fingerprint density at radius 1 is 1.20 bits per heavy atom. The molecule has 0 amide bonds. The second-order valence-corrected chi connectivity index (χ2v) is 2.93. The molecule has 0 radical (unpaired) electrons. The summed E-state index contributed by atoms with van der Waals surface area (Å²) in [6, 6.07) is 1.67. The molecule has 0 saturated heterocycles. The van der Waals surface area contributed by atoms with Crippen molar-refractivity contribution in [2.24, 2.45) is 0 Å². The van der Waals surface area contributed by atoms with Crippen LogP contribution in [0.25, 0.3) is 0 Å². The molecular weight excluding hydrogens is 200 g/mol. The van der Waals surface area contributed by atoms with Gasteiger partial charge in [-0.15, -0.1) is 0 Å². The van der Waals surface area contributed by atoms with E-state index in [0.29, 0.717) is 11.3 Å². The van der Waals surface area contributed by atoms with E-state index >= 15 is 0 Å². The minimum atomic E-state index is -0.384. The maximum absolute atomic E-state index is 10.6. The third-order valence-electron chi connectivity index (χ3n) is 1.68. The molecule has 82 valence electrons. The molecule has 0 atom stereocenters. The van der Waals surface area contributed by atoms with Gasteiger partial charge in [-0.25, -0.2) is 0 Å². The van der Waals surface area contributed by atoms with Crippen molar-refractivity contribution < 1.29 is 23.5 Å². The lowest BCUT2D eigenvalue weighted by Gasteiger charge is -2.03. The van der Waals surface area contributed by atoms with Gasteiger partial charge >= 0.3 is 11.9 Å². The summed E-state index contributed by atoms with van der Waals surface area (Å²) >= 11 is 0. The quantitative estimate of drug-likeness (QED) is 0.706. The van der Waals surface area contributed by atoms with E-state index in [1.807, 2.05) is 0 Å². The van der Waals surface area contributed by atoms with Gasteiger partial charge in [0.05, 0.1) is 6.26 Å². The molecule has 5 heteroatoms. The molecule has 1 rings (SSSR count). The molecule has 1 aromatic rings. The van der Waals surface area contributed by atoms with Crippen molar-refractivity contribution in [3.05, 3.63) is 23.7 Å². The van der Waals surface area contributed by atoms with Crippen molar-refractivity contribution in [1.29, 1.82) is 0 Å². The number of furan rings is 1. The minimum absolute atomic E-state index is 0.0545. The molecule has 1 heterocycles. The van der Waals surface area contributed by atoms with Gasteiger partial charge in [0.2, 0.25) is 0 Å². The van der Waals surface area contributed by atoms with Gasteiger partial charge in [-0.2, -0.15) is 0 Å². The minimum Gasteiger partial charge on any atom is -0.465 e. The summed E-state index contributed by atoms with van der Waals surface area (Å²) in [7, 11) is 0. The summed E-state index contributed by atoms with van der Waals surface area (Å²) in [6.07, 6.45) is 1.46. The van der Waals surface area contributed by atoms with E-state index in [4.69, 9.17) is 13.9 Å². The number of rotatable bonds is 4. The molecule has 0 bridgehead atoms. The highest BCUT2D eigenvalue weighted by atomic mass is 16.5. The maximum atomic E-state index is 10.6. The summed E-state index contributed by atoms with van der Waals surface area (Å²) in [5.41, 5.74) is 0.700. The molecule has 5 nitrogen and oxygen atoms in total. The average Bonchev–Trinajstić information content (AvgIpc) is 2.58. The Morgan fingerprint density at radius 3 is 2.40 bits per heavy atom. The molecule has 0 saturated carbocycles. The van der Waals surface area contributed by atoms with E-state index in [9.17, 15) is 9.59 Å². The van der Waals surface area contributed by atoms with Crippen molar-refractivity contribution in [1.82, 2.24) is 0 Å². The predicted molar refractivity (Wildman–Crippen MR) is 49.6 cm³/mol. The van der Waals surface area contributed by atoms with Crippen molar-refractivity contribution in [3.63, 3.8) is 0 Å². The van der Waals surface area contributed by atoms with Crippen LogP contribution in [0.1, 0.15) is 25.2 Å². The zero-order valence-electron chi connectivity index (χ0n) is 8.61. The average molecular weight is 212 g/mol. The highest BCUT2D eigenvalue weighted by Gasteiger charge is 2.09. The van der Waals surface area contributed by atoms with E-state index in [1.165, 1.54) is 20.1 Å². The van der Waals surface area contributed by atoms with E-state index in [2.05, 4.69) is 0 Å². The molecule has 0 fully saturated rings. The second kappa shape index (κ2) is 5.19. The molecule has 0 N–H and O–H groups in total. The van der Waals surface area contributed by atoms with Gasteiger partial charge in [-0.05, 0) is 6.07 Å². The van der Waals surface area contributed by atoms with Crippen LogP contribution in [0.2, 0.25) is 0 Å². The van der Waals surface area contributed by atoms with Gasteiger partial charge in [0.15, 0.2) is 0 Å². The third-order valence-corrected chi connectivity index (χ3v) is 1.68. The molecule has 0 unspecified atom stereocenters. The Balaban J connectivity index is 2.53. The fourth-order valence-electron chi connectivity index (χ4n) is 0.969. The zero-order chi connectivity index (χ0) is 11.3. The topological polar surface area (TPSA) is 65.7 Å². The third kappa shape index (κ3) is 3.84. The maximum Gasteiger partial charge on any atom is 0.303 e. The molecule has 0 spiro atoms. The van der Waals surface area contributed by atoms with Crippen LogP contribution >= 0.6 is 0 Å². The number of hydrogen-bond donors (Lipinski definition) is 0. The number of carbonyl (C=O) groups is 2. The summed E-state index contributed by atoms with van der Waals surface area (Å²) < 4.78 is 14.6. The summed E-state index contributed by atoms with van der Waals surface area (Å²) in [5, 5.41) is 0. The van der Waals surface area contributed by atoms with Crippen LogP contribution in [0.3, 0.4) is 0 Å². The van der Waals surface area contributed by atoms with Crippen LogP contribution in [0.5, 0.6) is 0 Å². The Hall–Kier alpha value is -1.78. The first kappa shape index (κ1) is 11.3. The standard InChI is InChI=1S/C10H12O5/c1-7(11)14-5-9-3-4-13-10(9)6-15-8(2)12/h3-4H,5-6H2,1-2H3. The second-order valence-electron chi connectivity index (χ2n) is 2.93. The lowest BCUT2D eigenvalue weighted by molar-refractivity contribution is -0.144. The number of carbonyl (C=O) groups excluding carboxylic acids is 2. The first-order chi connectivity index (χ1) is 7.09. The van der Waals surface area contributed by atoms with Crippen molar-refractivity contribution >= 4 is 11.9 Å². The summed E-state index contributed by atoms with van der Waals surface area (Å²) in [4.78, 5) is 21.1. The van der Waals surface area contributed by atoms with Gasteiger partial charge in [0.1, 0.15) is 19.0 Å².